The van der Waals surface area contributed by atoms with Crippen LogP contribution in [0.4, 0.5) is 0 Å². The number of imidazole rings is 1. The Morgan fingerprint density at radius 1 is 1.00 bits per heavy atom. The van der Waals surface area contributed by atoms with Gasteiger partial charge < -0.3 is 19.1 Å². The van der Waals surface area contributed by atoms with E-state index in [1.807, 2.05) is 6.20 Å². The van der Waals surface area contributed by atoms with E-state index in [0.29, 0.717) is 43.4 Å². The Bertz CT molecular complexity index is 866. The van der Waals surface area contributed by atoms with Crippen LogP contribution >= 0.6 is 0 Å². The molecule has 4 rings (SSSR count). The highest BCUT2D eigenvalue weighted by molar-refractivity contribution is 5.95. The highest BCUT2D eigenvalue weighted by Crippen LogP contribution is 2.21. The number of piperazine rings is 1. The van der Waals surface area contributed by atoms with Gasteiger partial charge in [0.1, 0.15) is 17.3 Å². The normalized spacial score (nSPS) is 19.3. The second-order valence-electron chi connectivity index (χ2n) is 7.65. The van der Waals surface area contributed by atoms with Gasteiger partial charge in [0, 0.05) is 50.9 Å². The summed E-state index contributed by atoms with van der Waals surface area (Å²) in [6, 6.07) is 7.12. The Hall–Kier alpha value is -2.83. The highest BCUT2D eigenvalue weighted by Gasteiger charge is 2.28. The molecule has 0 saturated carbocycles. The van der Waals surface area contributed by atoms with Crippen molar-refractivity contribution in [3.63, 3.8) is 0 Å². The van der Waals surface area contributed by atoms with Crippen molar-refractivity contribution >= 4 is 11.8 Å². The SMILES string of the molecule is COc1ccc(C(=O)N2CCN(C(=O)c3cn4c(n3)CC(C)CC4)CC2)cc1. The molecule has 28 heavy (non-hydrogen) atoms. The Balaban J connectivity index is 1.37. The monoisotopic (exact) mass is 382 g/mol. The summed E-state index contributed by atoms with van der Waals surface area (Å²) in [5.41, 5.74) is 1.16. The van der Waals surface area contributed by atoms with Crippen molar-refractivity contribution in [2.75, 3.05) is 33.3 Å². The van der Waals surface area contributed by atoms with Gasteiger partial charge in [-0.15, -0.1) is 0 Å². The molecule has 2 amide bonds. The van der Waals surface area contributed by atoms with Gasteiger partial charge in [-0.25, -0.2) is 4.98 Å². The quantitative estimate of drug-likeness (QED) is 0.815. The average molecular weight is 382 g/mol. The van der Waals surface area contributed by atoms with Crippen molar-refractivity contribution in [3.05, 3.63) is 47.5 Å². The molecule has 7 nitrogen and oxygen atoms in total. The predicted molar refractivity (Wildman–Crippen MR) is 105 cm³/mol. The summed E-state index contributed by atoms with van der Waals surface area (Å²) < 4.78 is 7.24. The van der Waals surface area contributed by atoms with Crippen molar-refractivity contribution < 1.29 is 14.3 Å². The molecule has 148 valence electrons. The van der Waals surface area contributed by atoms with E-state index in [0.717, 1.165) is 31.0 Å². The minimum absolute atomic E-state index is 0.0128. The lowest BCUT2D eigenvalue weighted by molar-refractivity contribution is 0.0532. The molecule has 1 fully saturated rings. The van der Waals surface area contributed by atoms with Crippen LogP contribution in [0.2, 0.25) is 0 Å². The fourth-order valence-corrected chi connectivity index (χ4v) is 3.88. The van der Waals surface area contributed by atoms with E-state index in [9.17, 15) is 9.59 Å². The van der Waals surface area contributed by atoms with Gasteiger partial charge in [-0.1, -0.05) is 6.92 Å². The van der Waals surface area contributed by atoms with Gasteiger partial charge in [-0.3, -0.25) is 9.59 Å². The molecule has 0 spiro atoms. The fourth-order valence-electron chi connectivity index (χ4n) is 3.88. The third-order valence-electron chi connectivity index (χ3n) is 5.66. The number of rotatable bonds is 3. The molecule has 2 aliphatic heterocycles. The standard InChI is InChI=1S/C21H26N4O3/c1-15-7-8-25-14-18(22-19(25)13-15)21(27)24-11-9-23(10-12-24)20(26)16-3-5-17(28-2)6-4-16/h3-6,14-15H,7-13H2,1-2H3. The minimum Gasteiger partial charge on any atom is -0.497 e. The molecule has 1 aromatic carbocycles. The lowest BCUT2D eigenvalue weighted by Gasteiger charge is -2.34. The van der Waals surface area contributed by atoms with Crippen molar-refractivity contribution in [1.29, 1.82) is 0 Å². The number of methoxy groups -OCH3 is 1. The molecule has 0 N–H and O–H groups in total. The molecular weight excluding hydrogens is 356 g/mol. The molecular formula is C21H26N4O3. The average Bonchev–Trinajstić information content (AvgIpc) is 3.16. The minimum atomic E-state index is -0.0360. The molecule has 1 unspecified atom stereocenters. The van der Waals surface area contributed by atoms with Crippen LogP contribution in [0.25, 0.3) is 0 Å². The fraction of sp³-hybridized carbons (Fsp3) is 0.476. The smallest absolute Gasteiger partial charge is 0.274 e. The number of fused-ring (bicyclic) bond motifs is 1. The number of benzene rings is 1. The number of ether oxygens (including phenoxy) is 1. The topological polar surface area (TPSA) is 67.7 Å². The molecule has 0 radical (unpaired) electrons. The summed E-state index contributed by atoms with van der Waals surface area (Å²) in [5.74, 6) is 2.30. The van der Waals surface area contributed by atoms with Crippen molar-refractivity contribution in [3.8, 4) is 5.75 Å². The zero-order chi connectivity index (χ0) is 19.7. The summed E-state index contributed by atoms with van der Waals surface area (Å²) in [5, 5.41) is 0. The van der Waals surface area contributed by atoms with Gasteiger partial charge in [-0.2, -0.15) is 0 Å². The maximum atomic E-state index is 12.8. The number of carbonyl (C=O) groups excluding carboxylic acids is 2. The van der Waals surface area contributed by atoms with Crippen LogP contribution in [0.1, 0.15) is 40.0 Å². The Morgan fingerprint density at radius 2 is 1.64 bits per heavy atom. The van der Waals surface area contributed by atoms with Crippen LogP contribution in [0.5, 0.6) is 5.75 Å². The van der Waals surface area contributed by atoms with E-state index in [4.69, 9.17) is 4.74 Å². The van der Waals surface area contributed by atoms with E-state index >= 15 is 0 Å². The zero-order valence-corrected chi connectivity index (χ0v) is 16.4. The Labute approximate surface area is 164 Å². The lowest BCUT2D eigenvalue weighted by atomic mass is 10.0. The van der Waals surface area contributed by atoms with Crippen molar-refractivity contribution in [1.82, 2.24) is 19.4 Å². The van der Waals surface area contributed by atoms with E-state index in [-0.39, 0.29) is 11.8 Å². The number of hydrogen-bond donors (Lipinski definition) is 0. The summed E-state index contributed by atoms with van der Waals surface area (Å²) in [6.45, 7) is 5.26. The number of nitrogens with zero attached hydrogens (tertiary/aromatic N) is 4. The third kappa shape index (κ3) is 3.61. The maximum absolute atomic E-state index is 12.8. The zero-order valence-electron chi connectivity index (χ0n) is 16.4. The number of aromatic nitrogens is 2. The summed E-state index contributed by atoms with van der Waals surface area (Å²) >= 11 is 0. The van der Waals surface area contributed by atoms with Crippen LogP contribution in [-0.2, 0) is 13.0 Å². The van der Waals surface area contributed by atoms with Crippen LogP contribution in [0.15, 0.2) is 30.5 Å². The van der Waals surface area contributed by atoms with E-state index in [2.05, 4.69) is 16.5 Å². The first-order valence-corrected chi connectivity index (χ1v) is 9.84. The van der Waals surface area contributed by atoms with Crippen LogP contribution in [-0.4, -0.2) is 64.5 Å². The van der Waals surface area contributed by atoms with Crippen molar-refractivity contribution in [2.45, 2.75) is 26.3 Å². The molecule has 1 aromatic heterocycles. The third-order valence-corrected chi connectivity index (χ3v) is 5.66. The van der Waals surface area contributed by atoms with Crippen LogP contribution < -0.4 is 4.74 Å². The second-order valence-corrected chi connectivity index (χ2v) is 7.65. The van der Waals surface area contributed by atoms with Gasteiger partial charge in [0.15, 0.2) is 0 Å². The molecule has 1 saturated heterocycles. The van der Waals surface area contributed by atoms with Gasteiger partial charge in [0.25, 0.3) is 11.8 Å². The molecule has 7 heteroatoms. The van der Waals surface area contributed by atoms with Gasteiger partial charge in [0.05, 0.1) is 7.11 Å². The number of carbonyl (C=O) groups is 2. The first-order chi connectivity index (χ1) is 13.5. The first kappa shape index (κ1) is 18.5. The van der Waals surface area contributed by atoms with Crippen LogP contribution in [0, 0.1) is 5.92 Å². The molecule has 0 bridgehead atoms. The second kappa shape index (κ2) is 7.66. The highest BCUT2D eigenvalue weighted by atomic mass is 16.5. The Kier molecular flexibility index (Phi) is 5.07. The van der Waals surface area contributed by atoms with Gasteiger partial charge in [0.2, 0.25) is 0 Å². The predicted octanol–water partition coefficient (Wildman–Crippen LogP) is 2.07. The van der Waals surface area contributed by atoms with E-state index in [1.54, 1.807) is 41.2 Å². The molecule has 2 aromatic rings. The number of aryl methyl sites for hydroxylation is 1. The van der Waals surface area contributed by atoms with E-state index in [1.165, 1.54) is 0 Å². The molecule has 3 heterocycles. The molecule has 1 atom stereocenters. The largest absolute Gasteiger partial charge is 0.497 e. The lowest BCUT2D eigenvalue weighted by Crippen LogP contribution is -2.50. The van der Waals surface area contributed by atoms with E-state index < -0.39 is 0 Å². The number of hydrogen-bond acceptors (Lipinski definition) is 4. The molecule has 2 aliphatic rings. The first-order valence-electron chi connectivity index (χ1n) is 9.84. The van der Waals surface area contributed by atoms with Crippen molar-refractivity contribution in [2.24, 2.45) is 5.92 Å². The summed E-state index contributed by atoms with van der Waals surface area (Å²) in [7, 11) is 1.60. The molecule has 0 aliphatic carbocycles. The summed E-state index contributed by atoms with van der Waals surface area (Å²) in [6.07, 6.45) is 3.94. The Morgan fingerprint density at radius 3 is 2.29 bits per heavy atom. The van der Waals surface area contributed by atoms with Crippen LogP contribution in [0.3, 0.4) is 0 Å². The maximum Gasteiger partial charge on any atom is 0.274 e. The van der Waals surface area contributed by atoms with Gasteiger partial charge in [-0.05, 0) is 36.6 Å². The van der Waals surface area contributed by atoms with Gasteiger partial charge >= 0.3 is 0 Å². The summed E-state index contributed by atoms with van der Waals surface area (Å²) in [4.78, 5) is 33.7. The number of amides is 2.